The average molecular weight is 268 g/mol. The fourth-order valence-electron chi connectivity index (χ4n) is 3.57. The normalized spacial score (nSPS) is 36.9. The summed E-state index contributed by atoms with van der Waals surface area (Å²) in [5, 5.41) is 9.53. The topological polar surface area (TPSA) is 66.6 Å². The van der Waals surface area contributed by atoms with E-state index in [1.165, 1.54) is 6.42 Å². The Morgan fingerprint density at radius 3 is 2.79 bits per heavy atom. The number of amides is 1. The number of nitrogens with zero attached hydrogens (tertiary/aromatic N) is 1. The predicted molar refractivity (Wildman–Crippen MR) is 75.5 cm³/mol. The molecule has 4 heteroatoms. The Morgan fingerprint density at radius 2 is 2.05 bits per heavy atom. The van der Waals surface area contributed by atoms with Crippen LogP contribution in [-0.2, 0) is 4.79 Å². The number of carbonyl (C=O) groups is 1. The summed E-state index contributed by atoms with van der Waals surface area (Å²) in [5.74, 6) is 0.731. The van der Waals surface area contributed by atoms with Gasteiger partial charge in [-0.1, -0.05) is 19.8 Å². The molecular weight excluding hydrogens is 240 g/mol. The molecule has 110 valence electrons. The van der Waals surface area contributed by atoms with Crippen LogP contribution in [0.5, 0.6) is 0 Å². The molecule has 19 heavy (non-hydrogen) atoms. The third-order valence-corrected chi connectivity index (χ3v) is 4.92. The van der Waals surface area contributed by atoms with E-state index in [1.54, 1.807) is 0 Å². The summed E-state index contributed by atoms with van der Waals surface area (Å²) in [5.41, 5.74) is 6.03. The smallest absolute Gasteiger partial charge is 0.226 e. The molecular formula is C15H28N2O2. The Balaban J connectivity index is 2.06. The largest absolute Gasteiger partial charge is 0.394 e. The first-order valence-electron chi connectivity index (χ1n) is 7.80. The van der Waals surface area contributed by atoms with Crippen molar-refractivity contribution in [2.45, 2.75) is 64.0 Å². The maximum absolute atomic E-state index is 12.8. The van der Waals surface area contributed by atoms with Crippen molar-refractivity contribution < 1.29 is 9.90 Å². The van der Waals surface area contributed by atoms with Gasteiger partial charge in [0.15, 0.2) is 0 Å². The van der Waals surface area contributed by atoms with Crippen LogP contribution in [0.3, 0.4) is 0 Å². The van der Waals surface area contributed by atoms with Crippen LogP contribution in [0.2, 0.25) is 0 Å². The standard InChI is InChI=1S/C15H28N2O2/c1-11-6-7-12(16)9-14(11)15(19)17-8-4-2-3-5-13(17)10-18/h11-14,18H,2-10,16H2,1H3. The lowest BCUT2D eigenvalue weighted by molar-refractivity contribution is -0.141. The molecule has 0 bridgehead atoms. The fourth-order valence-corrected chi connectivity index (χ4v) is 3.57. The molecule has 0 aromatic heterocycles. The second kappa shape index (κ2) is 6.71. The number of hydrogen-bond donors (Lipinski definition) is 2. The molecule has 0 radical (unpaired) electrons. The summed E-state index contributed by atoms with van der Waals surface area (Å²) in [4.78, 5) is 14.7. The number of nitrogens with two attached hydrogens (primary N) is 1. The molecule has 1 saturated carbocycles. The van der Waals surface area contributed by atoms with E-state index in [2.05, 4.69) is 6.92 Å². The van der Waals surface area contributed by atoms with Gasteiger partial charge in [0.1, 0.15) is 0 Å². The number of likely N-dealkylation sites (tertiary alicyclic amines) is 1. The Labute approximate surface area is 116 Å². The van der Waals surface area contributed by atoms with Crippen LogP contribution in [0.15, 0.2) is 0 Å². The number of aliphatic hydroxyl groups is 1. The summed E-state index contributed by atoms with van der Waals surface area (Å²) in [7, 11) is 0. The van der Waals surface area contributed by atoms with Crippen molar-refractivity contribution in [2.75, 3.05) is 13.2 Å². The van der Waals surface area contributed by atoms with Crippen LogP contribution in [0.25, 0.3) is 0 Å². The first-order chi connectivity index (χ1) is 9.13. The van der Waals surface area contributed by atoms with E-state index >= 15 is 0 Å². The maximum Gasteiger partial charge on any atom is 0.226 e. The lowest BCUT2D eigenvalue weighted by Crippen LogP contribution is -2.48. The van der Waals surface area contributed by atoms with Gasteiger partial charge in [0.25, 0.3) is 0 Å². The predicted octanol–water partition coefficient (Wildman–Crippen LogP) is 1.51. The van der Waals surface area contributed by atoms with Crippen LogP contribution in [0.4, 0.5) is 0 Å². The van der Waals surface area contributed by atoms with Crippen molar-refractivity contribution >= 4 is 5.91 Å². The van der Waals surface area contributed by atoms with Gasteiger partial charge in [-0.05, 0) is 38.0 Å². The van der Waals surface area contributed by atoms with Crippen LogP contribution >= 0.6 is 0 Å². The Hall–Kier alpha value is -0.610. The molecule has 3 N–H and O–H groups in total. The zero-order chi connectivity index (χ0) is 13.8. The van der Waals surface area contributed by atoms with Gasteiger partial charge in [-0.3, -0.25) is 4.79 Å². The molecule has 2 rings (SSSR count). The summed E-state index contributed by atoms with van der Waals surface area (Å²) >= 11 is 0. The van der Waals surface area contributed by atoms with E-state index in [1.807, 2.05) is 4.90 Å². The minimum absolute atomic E-state index is 0.0281. The van der Waals surface area contributed by atoms with Gasteiger partial charge in [0, 0.05) is 18.5 Å². The van der Waals surface area contributed by atoms with Crippen LogP contribution in [-0.4, -0.2) is 41.1 Å². The van der Waals surface area contributed by atoms with E-state index in [0.29, 0.717) is 5.92 Å². The summed E-state index contributed by atoms with van der Waals surface area (Å²) in [6, 6.07) is 0.199. The minimum Gasteiger partial charge on any atom is -0.394 e. The third-order valence-electron chi connectivity index (χ3n) is 4.92. The van der Waals surface area contributed by atoms with Gasteiger partial charge in [-0.15, -0.1) is 0 Å². The molecule has 2 aliphatic rings. The highest BCUT2D eigenvalue weighted by Crippen LogP contribution is 2.32. The van der Waals surface area contributed by atoms with E-state index in [4.69, 9.17) is 5.73 Å². The first-order valence-corrected chi connectivity index (χ1v) is 7.80. The molecule has 1 amide bonds. The van der Waals surface area contributed by atoms with E-state index < -0.39 is 0 Å². The minimum atomic E-state index is 0.0281. The number of hydrogen-bond acceptors (Lipinski definition) is 3. The van der Waals surface area contributed by atoms with Crippen molar-refractivity contribution in [3.63, 3.8) is 0 Å². The van der Waals surface area contributed by atoms with Crippen molar-refractivity contribution in [1.29, 1.82) is 0 Å². The van der Waals surface area contributed by atoms with Crippen molar-refractivity contribution in [1.82, 2.24) is 4.90 Å². The number of carbonyl (C=O) groups excluding carboxylic acids is 1. The number of aliphatic hydroxyl groups excluding tert-OH is 1. The van der Waals surface area contributed by atoms with Crippen LogP contribution in [0, 0.1) is 11.8 Å². The number of rotatable bonds is 2. The Morgan fingerprint density at radius 1 is 1.26 bits per heavy atom. The molecule has 4 atom stereocenters. The average Bonchev–Trinajstić information content (AvgIpc) is 2.65. The van der Waals surface area contributed by atoms with Crippen molar-refractivity contribution in [3.05, 3.63) is 0 Å². The summed E-state index contributed by atoms with van der Waals surface area (Å²) < 4.78 is 0. The zero-order valence-electron chi connectivity index (χ0n) is 12.1. The van der Waals surface area contributed by atoms with Gasteiger partial charge in [0.05, 0.1) is 12.6 Å². The molecule has 0 spiro atoms. The molecule has 4 nitrogen and oxygen atoms in total. The maximum atomic E-state index is 12.8. The van der Waals surface area contributed by atoms with Gasteiger partial charge in [-0.25, -0.2) is 0 Å². The van der Waals surface area contributed by atoms with Gasteiger partial charge in [0.2, 0.25) is 5.91 Å². The summed E-state index contributed by atoms with van der Waals surface area (Å²) in [6.45, 7) is 3.07. The van der Waals surface area contributed by atoms with Crippen LogP contribution in [0.1, 0.15) is 51.9 Å². The SMILES string of the molecule is CC1CCC(N)CC1C(=O)N1CCCCCC1CO. The fraction of sp³-hybridized carbons (Fsp3) is 0.933. The van der Waals surface area contributed by atoms with Crippen LogP contribution < -0.4 is 5.73 Å². The molecule has 1 heterocycles. The molecule has 1 saturated heterocycles. The third kappa shape index (κ3) is 3.48. The molecule has 1 aliphatic heterocycles. The van der Waals surface area contributed by atoms with E-state index in [-0.39, 0.29) is 30.5 Å². The monoisotopic (exact) mass is 268 g/mol. The van der Waals surface area contributed by atoms with E-state index in [9.17, 15) is 9.90 Å². The molecule has 0 aromatic carbocycles. The quantitative estimate of drug-likeness (QED) is 0.798. The second-order valence-electron chi connectivity index (χ2n) is 6.37. The van der Waals surface area contributed by atoms with Gasteiger partial charge < -0.3 is 15.7 Å². The second-order valence-corrected chi connectivity index (χ2v) is 6.37. The highest BCUT2D eigenvalue weighted by Gasteiger charge is 2.36. The molecule has 4 unspecified atom stereocenters. The summed E-state index contributed by atoms with van der Waals surface area (Å²) in [6.07, 6.45) is 7.19. The zero-order valence-corrected chi connectivity index (χ0v) is 12.1. The highest BCUT2D eigenvalue weighted by atomic mass is 16.3. The van der Waals surface area contributed by atoms with Gasteiger partial charge in [-0.2, -0.15) is 0 Å². The molecule has 2 fully saturated rings. The lowest BCUT2D eigenvalue weighted by atomic mass is 9.77. The highest BCUT2D eigenvalue weighted by molar-refractivity contribution is 5.79. The molecule has 0 aromatic rings. The Bertz CT molecular complexity index is 309. The Kier molecular flexibility index (Phi) is 5.22. The van der Waals surface area contributed by atoms with Crippen molar-refractivity contribution in [2.24, 2.45) is 17.6 Å². The lowest BCUT2D eigenvalue weighted by Gasteiger charge is -2.37. The first kappa shape index (κ1) is 14.8. The van der Waals surface area contributed by atoms with Crippen molar-refractivity contribution in [3.8, 4) is 0 Å². The van der Waals surface area contributed by atoms with Gasteiger partial charge >= 0.3 is 0 Å². The molecule has 1 aliphatic carbocycles. The van der Waals surface area contributed by atoms with E-state index in [0.717, 1.165) is 45.1 Å².